The van der Waals surface area contributed by atoms with Crippen LogP contribution in [-0.2, 0) is 9.47 Å². The monoisotopic (exact) mass is 202 g/mol. The molecule has 0 saturated carbocycles. The van der Waals surface area contributed by atoms with Crippen LogP contribution >= 0.6 is 0 Å². The summed E-state index contributed by atoms with van der Waals surface area (Å²) in [5, 5.41) is 0. The minimum Gasteiger partial charge on any atom is -0.314 e. The van der Waals surface area contributed by atoms with E-state index in [1.54, 1.807) is 0 Å². The van der Waals surface area contributed by atoms with Gasteiger partial charge in [0.25, 0.3) is 0 Å². The van der Waals surface area contributed by atoms with Gasteiger partial charge in [-0.2, -0.15) is 17.6 Å². The molecule has 0 aromatic rings. The molecule has 0 aromatic carbocycles. The molecular weight excluding hydrogens is 192 g/mol. The van der Waals surface area contributed by atoms with Crippen molar-refractivity contribution in [3.8, 4) is 0 Å². The van der Waals surface area contributed by atoms with E-state index in [0.29, 0.717) is 0 Å². The maximum atomic E-state index is 13.0. The Bertz CT molecular complexity index is 181. The Balaban J connectivity index is 2.78. The van der Waals surface area contributed by atoms with E-state index in [4.69, 9.17) is 0 Å². The molecule has 0 aromatic heterocycles. The van der Waals surface area contributed by atoms with E-state index in [0.717, 1.165) is 0 Å². The number of halogens is 4. The maximum absolute atomic E-state index is 13.0. The molecule has 2 nitrogen and oxygen atoms in total. The molecule has 0 N–H and O–H groups in total. The summed E-state index contributed by atoms with van der Waals surface area (Å²) in [6.45, 7) is 2.75. The van der Waals surface area contributed by atoms with Crippen LogP contribution in [0.1, 0.15) is 20.3 Å². The van der Waals surface area contributed by atoms with Crippen LogP contribution in [0.25, 0.3) is 0 Å². The Hall–Kier alpha value is -0.360. The Morgan fingerprint density at radius 1 is 1.15 bits per heavy atom. The molecule has 1 fully saturated rings. The fourth-order valence-electron chi connectivity index (χ4n) is 1.24. The molecule has 2 atom stereocenters. The highest BCUT2D eigenvalue weighted by atomic mass is 19.4. The lowest BCUT2D eigenvalue weighted by atomic mass is 10.2. The Labute approximate surface area is 72.8 Å². The van der Waals surface area contributed by atoms with Crippen LogP contribution < -0.4 is 0 Å². The topological polar surface area (TPSA) is 18.5 Å². The highest BCUT2D eigenvalue weighted by Gasteiger charge is 2.62. The van der Waals surface area contributed by atoms with Gasteiger partial charge in [-0.3, -0.25) is 0 Å². The lowest BCUT2D eigenvalue weighted by Gasteiger charge is -2.37. The SMILES string of the molecule is CC1CC(C)OC(F)(C(F)(F)F)O1. The molecule has 1 aliphatic heterocycles. The largest absolute Gasteiger partial charge is 0.478 e. The van der Waals surface area contributed by atoms with E-state index >= 15 is 0 Å². The van der Waals surface area contributed by atoms with Crippen molar-refractivity contribution in [1.82, 2.24) is 0 Å². The minimum absolute atomic E-state index is 0.252. The van der Waals surface area contributed by atoms with E-state index in [-0.39, 0.29) is 6.42 Å². The molecule has 2 unspecified atom stereocenters. The summed E-state index contributed by atoms with van der Waals surface area (Å²) in [6, 6.07) is -3.94. The first-order chi connectivity index (χ1) is 5.74. The van der Waals surface area contributed by atoms with Gasteiger partial charge in [0.2, 0.25) is 0 Å². The number of ether oxygens (including phenoxy) is 2. The van der Waals surface area contributed by atoms with Crippen LogP contribution in [0, 0.1) is 0 Å². The summed E-state index contributed by atoms with van der Waals surface area (Å²) in [5.41, 5.74) is 0. The third kappa shape index (κ3) is 2.11. The zero-order chi connectivity index (χ0) is 10.3. The van der Waals surface area contributed by atoms with Gasteiger partial charge < -0.3 is 9.47 Å². The van der Waals surface area contributed by atoms with Crippen molar-refractivity contribution in [2.75, 3.05) is 0 Å². The summed E-state index contributed by atoms with van der Waals surface area (Å²) in [7, 11) is 0. The lowest BCUT2D eigenvalue weighted by Crippen LogP contribution is -2.53. The van der Waals surface area contributed by atoms with Gasteiger partial charge in [-0.05, 0) is 20.3 Å². The highest BCUT2D eigenvalue weighted by molar-refractivity contribution is 4.76. The van der Waals surface area contributed by atoms with Crippen LogP contribution in [0.4, 0.5) is 17.6 Å². The van der Waals surface area contributed by atoms with E-state index in [9.17, 15) is 17.6 Å². The second-order valence-corrected chi connectivity index (χ2v) is 3.13. The Morgan fingerprint density at radius 2 is 1.54 bits per heavy atom. The van der Waals surface area contributed by atoms with Gasteiger partial charge in [-0.1, -0.05) is 0 Å². The molecule has 0 radical (unpaired) electrons. The molecule has 78 valence electrons. The fourth-order valence-corrected chi connectivity index (χ4v) is 1.24. The normalized spacial score (nSPS) is 42.0. The first-order valence-electron chi connectivity index (χ1n) is 3.86. The zero-order valence-electron chi connectivity index (χ0n) is 7.19. The average molecular weight is 202 g/mol. The summed E-state index contributed by atoms with van der Waals surface area (Å²) in [4.78, 5) is 0. The summed E-state index contributed by atoms with van der Waals surface area (Å²) >= 11 is 0. The van der Waals surface area contributed by atoms with Crippen molar-refractivity contribution in [1.29, 1.82) is 0 Å². The number of hydrogen-bond donors (Lipinski definition) is 0. The highest BCUT2D eigenvalue weighted by Crippen LogP contribution is 2.41. The van der Waals surface area contributed by atoms with Crippen molar-refractivity contribution in [3.63, 3.8) is 0 Å². The van der Waals surface area contributed by atoms with Crippen molar-refractivity contribution >= 4 is 0 Å². The molecular formula is C7H10F4O2. The van der Waals surface area contributed by atoms with Gasteiger partial charge in [0.05, 0.1) is 12.2 Å². The molecule has 1 aliphatic rings. The summed E-state index contributed by atoms with van der Waals surface area (Å²) in [5.74, 6) is 0. The van der Waals surface area contributed by atoms with Gasteiger partial charge >= 0.3 is 12.2 Å². The molecule has 1 heterocycles. The van der Waals surface area contributed by atoms with Gasteiger partial charge in [-0.25, -0.2) is 0 Å². The zero-order valence-corrected chi connectivity index (χ0v) is 7.19. The molecule has 0 spiro atoms. The molecule has 13 heavy (non-hydrogen) atoms. The summed E-state index contributed by atoms with van der Waals surface area (Å²) in [6.07, 6.45) is -6.48. The van der Waals surface area contributed by atoms with Gasteiger partial charge in [-0.15, -0.1) is 0 Å². The van der Waals surface area contributed by atoms with E-state index < -0.39 is 24.4 Å². The first kappa shape index (κ1) is 10.7. The van der Waals surface area contributed by atoms with Crippen molar-refractivity contribution < 1.29 is 27.0 Å². The second-order valence-electron chi connectivity index (χ2n) is 3.13. The number of alkyl halides is 4. The van der Waals surface area contributed by atoms with E-state index in [2.05, 4.69) is 9.47 Å². The van der Waals surface area contributed by atoms with Crippen molar-refractivity contribution in [3.05, 3.63) is 0 Å². The smallest absolute Gasteiger partial charge is 0.314 e. The molecule has 1 rings (SSSR count). The maximum Gasteiger partial charge on any atom is 0.478 e. The first-order valence-corrected chi connectivity index (χ1v) is 3.86. The van der Waals surface area contributed by atoms with E-state index in [1.165, 1.54) is 13.8 Å². The number of hydrogen-bond acceptors (Lipinski definition) is 2. The fraction of sp³-hybridized carbons (Fsp3) is 1.00. The third-order valence-corrected chi connectivity index (χ3v) is 1.71. The molecule has 0 bridgehead atoms. The predicted molar refractivity (Wildman–Crippen MR) is 35.6 cm³/mol. The number of rotatable bonds is 0. The molecule has 0 aliphatic carbocycles. The van der Waals surface area contributed by atoms with Crippen molar-refractivity contribution in [2.45, 2.75) is 44.7 Å². The third-order valence-electron chi connectivity index (χ3n) is 1.71. The van der Waals surface area contributed by atoms with Gasteiger partial charge in [0.15, 0.2) is 0 Å². The average Bonchev–Trinajstić information content (AvgIpc) is 1.79. The molecule has 6 heteroatoms. The molecule has 0 amide bonds. The Morgan fingerprint density at radius 3 is 1.85 bits per heavy atom. The second kappa shape index (κ2) is 3.09. The standard InChI is InChI=1S/C7H10F4O2/c1-4-3-5(2)13-7(11,12-4)6(8,9)10/h4-5H,3H2,1-2H3. The van der Waals surface area contributed by atoms with Crippen LogP contribution in [0.2, 0.25) is 0 Å². The molecule has 1 saturated heterocycles. The Kier molecular flexibility index (Phi) is 2.55. The van der Waals surface area contributed by atoms with Crippen LogP contribution in [-0.4, -0.2) is 24.4 Å². The van der Waals surface area contributed by atoms with Gasteiger partial charge in [0, 0.05) is 0 Å². The minimum atomic E-state index is -5.14. The van der Waals surface area contributed by atoms with E-state index in [1.807, 2.05) is 0 Å². The van der Waals surface area contributed by atoms with Gasteiger partial charge in [0.1, 0.15) is 0 Å². The van der Waals surface area contributed by atoms with Crippen molar-refractivity contribution in [2.24, 2.45) is 0 Å². The van der Waals surface area contributed by atoms with Crippen LogP contribution in [0.15, 0.2) is 0 Å². The quantitative estimate of drug-likeness (QED) is 0.561. The lowest BCUT2D eigenvalue weighted by molar-refractivity contribution is -0.473. The predicted octanol–water partition coefficient (Wildman–Crippen LogP) is 2.39. The van der Waals surface area contributed by atoms with Crippen LogP contribution in [0.3, 0.4) is 0 Å². The van der Waals surface area contributed by atoms with Crippen LogP contribution in [0.5, 0.6) is 0 Å². The summed E-state index contributed by atoms with van der Waals surface area (Å²) < 4.78 is 57.3.